The molecule has 4 rings (SSSR count). The number of piperidine rings is 1. The predicted octanol–water partition coefficient (Wildman–Crippen LogP) is 8.46. The van der Waals surface area contributed by atoms with Gasteiger partial charge in [0.25, 0.3) is 0 Å². The number of hydrogen-bond donors (Lipinski definition) is 2. The molecule has 0 radical (unpaired) electrons. The van der Waals surface area contributed by atoms with Gasteiger partial charge in [-0.1, -0.05) is 62.6 Å². The number of amides is 1. The first kappa shape index (κ1) is 36.7. The van der Waals surface area contributed by atoms with Gasteiger partial charge in [-0.2, -0.15) is 0 Å². The monoisotopic (exact) mass is 655 g/mol. The number of aromatic nitrogens is 4. The first-order chi connectivity index (χ1) is 23.5. The zero-order valence-corrected chi connectivity index (χ0v) is 28.7. The smallest absolute Gasteiger partial charge is 0.220 e. The van der Waals surface area contributed by atoms with E-state index in [0.717, 1.165) is 101 Å². The predicted molar refractivity (Wildman–Crippen MR) is 195 cm³/mol. The first-order valence-electron chi connectivity index (χ1n) is 17.9. The zero-order chi connectivity index (χ0) is 33.8. The maximum absolute atomic E-state index is 13.6. The third-order valence-electron chi connectivity index (χ3n) is 8.81. The van der Waals surface area contributed by atoms with Crippen LogP contribution in [0.3, 0.4) is 0 Å². The summed E-state index contributed by atoms with van der Waals surface area (Å²) in [6.45, 7) is 5.78. The normalized spacial score (nSPS) is 14.5. The highest BCUT2D eigenvalue weighted by Gasteiger charge is 2.25. The zero-order valence-electron chi connectivity index (χ0n) is 28.7. The topological polar surface area (TPSA) is 102 Å². The lowest BCUT2D eigenvalue weighted by Gasteiger charge is -2.33. The van der Waals surface area contributed by atoms with E-state index in [0.29, 0.717) is 12.1 Å². The van der Waals surface area contributed by atoms with Gasteiger partial charge >= 0.3 is 0 Å². The Morgan fingerprint density at radius 2 is 1.62 bits per heavy atom. The maximum atomic E-state index is 13.6. The number of halogens is 1. The van der Waals surface area contributed by atoms with Crippen molar-refractivity contribution in [2.45, 2.75) is 96.4 Å². The number of unbranched alkanes of at least 4 members (excludes halogenated alkanes) is 5. The van der Waals surface area contributed by atoms with E-state index in [9.17, 15) is 9.18 Å². The number of nitrogen functional groups attached to an aromatic ring is 1. The fourth-order valence-corrected chi connectivity index (χ4v) is 6.16. The lowest BCUT2D eigenvalue weighted by Crippen LogP contribution is -2.36. The summed E-state index contributed by atoms with van der Waals surface area (Å²) in [6, 6.07) is 8.49. The minimum absolute atomic E-state index is 0.171. The molecule has 1 aliphatic heterocycles. The van der Waals surface area contributed by atoms with E-state index in [2.05, 4.69) is 68.1 Å². The second-order valence-corrected chi connectivity index (χ2v) is 12.5. The molecule has 0 bridgehead atoms. The number of rotatable bonds is 20. The van der Waals surface area contributed by atoms with E-state index in [1.54, 1.807) is 18.3 Å². The molecular formula is C39H54FN7O. The van der Waals surface area contributed by atoms with Gasteiger partial charge in [-0.3, -0.25) is 4.79 Å². The molecule has 1 aromatic carbocycles. The molecule has 48 heavy (non-hydrogen) atoms. The van der Waals surface area contributed by atoms with Gasteiger partial charge in [0, 0.05) is 43.9 Å². The summed E-state index contributed by atoms with van der Waals surface area (Å²) in [5, 5.41) is 3.12. The first-order valence-corrected chi connectivity index (χ1v) is 17.9. The molecule has 9 heteroatoms. The highest BCUT2D eigenvalue weighted by molar-refractivity contribution is 5.77. The number of carbonyl (C=O) groups excluding carboxylic acids is 1. The lowest BCUT2D eigenvalue weighted by atomic mass is 10.0. The van der Waals surface area contributed by atoms with Crippen molar-refractivity contribution >= 4 is 11.9 Å². The summed E-state index contributed by atoms with van der Waals surface area (Å²) in [6.07, 6.45) is 30.5. The van der Waals surface area contributed by atoms with Crippen molar-refractivity contribution in [3.63, 3.8) is 0 Å². The Morgan fingerprint density at radius 3 is 2.38 bits per heavy atom. The highest BCUT2D eigenvalue weighted by atomic mass is 19.1. The number of nitrogens with two attached hydrogens (primary N) is 1. The highest BCUT2D eigenvalue weighted by Crippen LogP contribution is 2.35. The third-order valence-corrected chi connectivity index (χ3v) is 8.81. The summed E-state index contributed by atoms with van der Waals surface area (Å²) < 4.78 is 15.8. The molecule has 0 aliphatic carbocycles. The van der Waals surface area contributed by atoms with Crippen LogP contribution in [0.2, 0.25) is 0 Å². The second-order valence-electron chi connectivity index (χ2n) is 12.5. The Hall–Kier alpha value is -4.11. The van der Waals surface area contributed by atoms with Crippen molar-refractivity contribution in [2.75, 3.05) is 31.9 Å². The number of nitrogens with zero attached hydrogens (tertiary/aromatic N) is 5. The maximum Gasteiger partial charge on any atom is 0.220 e. The molecule has 3 heterocycles. The van der Waals surface area contributed by atoms with Gasteiger partial charge < -0.3 is 20.5 Å². The van der Waals surface area contributed by atoms with Crippen LogP contribution in [0.25, 0.3) is 22.6 Å². The minimum Gasteiger partial charge on any atom is -0.368 e. The van der Waals surface area contributed by atoms with E-state index in [4.69, 9.17) is 10.7 Å². The Morgan fingerprint density at radius 1 is 0.917 bits per heavy atom. The molecule has 1 amide bonds. The summed E-state index contributed by atoms with van der Waals surface area (Å²) in [7, 11) is 0. The van der Waals surface area contributed by atoms with Crippen LogP contribution in [0.5, 0.6) is 0 Å². The number of imidazole rings is 1. The molecule has 0 spiro atoms. The molecule has 0 atom stereocenters. The Balaban J connectivity index is 1.08. The number of carbonyl (C=O) groups is 1. The Kier molecular flexibility index (Phi) is 16.1. The number of anilines is 1. The molecule has 8 nitrogen and oxygen atoms in total. The van der Waals surface area contributed by atoms with E-state index in [1.165, 1.54) is 31.4 Å². The summed E-state index contributed by atoms with van der Waals surface area (Å²) in [4.78, 5) is 28.1. The fourth-order valence-electron chi connectivity index (χ4n) is 6.16. The van der Waals surface area contributed by atoms with Gasteiger partial charge in [-0.25, -0.2) is 19.3 Å². The largest absolute Gasteiger partial charge is 0.368 e. The van der Waals surface area contributed by atoms with E-state index < -0.39 is 0 Å². The molecule has 0 unspecified atom stereocenters. The van der Waals surface area contributed by atoms with Crippen molar-refractivity contribution in [1.29, 1.82) is 0 Å². The van der Waals surface area contributed by atoms with Crippen LogP contribution in [-0.2, 0) is 4.79 Å². The summed E-state index contributed by atoms with van der Waals surface area (Å²) >= 11 is 0. The van der Waals surface area contributed by atoms with Gasteiger partial charge in [0.1, 0.15) is 5.82 Å². The quantitative estimate of drug-likeness (QED) is 0.0936. The van der Waals surface area contributed by atoms with Crippen LogP contribution in [0.15, 0.2) is 79.3 Å². The standard InChI is InChI=1S/C39H54FN7O/c1-2-3-4-5-6-7-8-9-10-11-12-13-14-15-16-18-36(48)42-26-17-28-46-29-24-34(25-30-46)47-31-44-37(32-19-21-33(40)22-20-32)38(47)35-23-27-43-39(41)45-35/h3-4,6-7,9-10,19-23,27,31,34H,2,5,8,11-18,24-26,28-30H2,1H3,(H,42,48)(H2,41,43,45)/b4-3-,7-6-,10-9-. The van der Waals surface area contributed by atoms with Crippen LogP contribution in [-0.4, -0.2) is 56.5 Å². The molecule has 3 N–H and O–H groups in total. The molecule has 2 aromatic heterocycles. The minimum atomic E-state index is -0.284. The van der Waals surface area contributed by atoms with Crippen LogP contribution in [0.4, 0.5) is 10.3 Å². The van der Waals surface area contributed by atoms with E-state index in [1.807, 2.05) is 12.4 Å². The van der Waals surface area contributed by atoms with Gasteiger partial charge in [0.2, 0.25) is 11.9 Å². The average Bonchev–Trinajstić information content (AvgIpc) is 3.54. The van der Waals surface area contributed by atoms with Gasteiger partial charge in [0.05, 0.1) is 23.4 Å². The van der Waals surface area contributed by atoms with Crippen molar-refractivity contribution in [2.24, 2.45) is 0 Å². The van der Waals surface area contributed by atoms with Crippen LogP contribution in [0.1, 0.15) is 96.4 Å². The fraction of sp³-hybridized carbons (Fsp3) is 0.487. The molecule has 1 fully saturated rings. The molecule has 3 aromatic rings. The SMILES string of the molecule is CC/C=C\C/C=C\C/C=C\CCCCCCCC(=O)NCCCN1CCC(n2cnc(-c3ccc(F)cc3)c2-c2ccnc(N)n2)CC1. The van der Waals surface area contributed by atoms with Gasteiger partial charge in [-0.05, 0) is 94.7 Å². The van der Waals surface area contributed by atoms with Crippen molar-refractivity contribution < 1.29 is 9.18 Å². The number of allylic oxidation sites excluding steroid dienone is 6. The summed E-state index contributed by atoms with van der Waals surface area (Å²) in [5.41, 5.74) is 9.10. The van der Waals surface area contributed by atoms with Crippen molar-refractivity contribution in [3.8, 4) is 22.6 Å². The second kappa shape index (κ2) is 21.0. The van der Waals surface area contributed by atoms with Crippen molar-refractivity contribution in [1.82, 2.24) is 29.7 Å². The molecule has 0 saturated carbocycles. The van der Waals surface area contributed by atoms with Gasteiger partial charge in [-0.15, -0.1) is 0 Å². The average molecular weight is 656 g/mol. The van der Waals surface area contributed by atoms with Crippen LogP contribution < -0.4 is 11.1 Å². The third kappa shape index (κ3) is 12.5. The lowest BCUT2D eigenvalue weighted by molar-refractivity contribution is -0.121. The van der Waals surface area contributed by atoms with Crippen LogP contribution >= 0.6 is 0 Å². The van der Waals surface area contributed by atoms with E-state index >= 15 is 0 Å². The molecule has 1 saturated heterocycles. The van der Waals surface area contributed by atoms with Gasteiger partial charge in [0.15, 0.2) is 0 Å². The number of likely N-dealkylation sites (tertiary alicyclic amines) is 1. The number of nitrogens with one attached hydrogen (secondary N) is 1. The van der Waals surface area contributed by atoms with Crippen molar-refractivity contribution in [3.05, 3.63) is 85.1 Å². The Labute approximate surface area is 286 Å². The number of benzene rings is 1. The number of hydrogen-bond acceptors (Lipinski definition) is 6. The summed E-state index contributed by atoms with van der Waals surface area (Å²) in [5.74, 6) is 0.0931. The molecule has 1 aliphatic rings. The van der Waals surface area contributed by atoms with Crippen LogP contribution in [0, 0.1) is 5.82 Å². The molecule has 258 valence electrons. The molecular weight excluding hydrogens is 601 g/mol. The van der Waals surface area contributed by atoms with E-state index in [-0.39, 0.29) is 23.7 Å². The Bertz CT molecular complexity index is 1460.